The van der Waals surface area contributed by atoms with Crippen LogP contribution in [0.5, 0.6) is 0 Å². The predicted molar refractivity (Wildman–Crippen MR) is 86.7 cm³/mol. The molecule has 0 saturated carbocycles. The Morgan fingerprint density at radius 1 is 1.15 bits per heavy atom. The molecule has 0 unspecified atom stereocenters. The quantitative estimate of drug-likeness (QED) is 0.773. The molecule has 108 valence electrons. The Labute approximate surface area is 131 Å². The second kappa shape index (κ2) is 5.23. The van der Waals surface area contributed by atoms with Crippen molar-refractivity contribution >= 4 is 43.4 Å². The number of sulfonamides is 1. The average molecular weight is 407 g/mol. The zero-order chi connectivity index (χ0) is 15.1. The third kappa shape index (κ3) is 3.12. The van der Waals surface area contributed by atoms with Gasteiger partial charge in [-0.15, -0.1) is 0 Å². The van der Waals surface area contributed by atoms with Gasteiger partial charge in [0.15, 0.2) is 0 Å². The summed E-state index contributed by atoms with van der Waals surface area (Å²) in [6.07, 6.45) is 0. The highest BCUT2D eigenvalue weighted by atomic mass is 127. The van der Waals surface area contributed by atoms with E-state index in [2.05, 4.69) is 27.3 Å². The molecule has 0 aliphatic heterocycles. The molecule has 0 spiro atoms. The van der Waals surface area contributed by atoms with Crippen LogP contribution in [0.1, 0.15) is 20.8 Å². The SMILES string of the molecule is CC(C)(C)NS(=O)(=O)c1ccc(I)c2cccc(F)c12. The minimum absolute atomic E-state index is 0.0269. The van der Waals surface area contributed by atoms with Gasteiger partial charge in [0, 0.05) is 14.5 Å². The molecule has 20 heavy (non-hydrogen) atoms. The fraction of sp³-hybridized carbons (Fsp3) is 0.286. The van der Waals surface area contributed by atoms with E-state index in [-0.39, 0.29) is 10.3 Å². The van der Waals surface area contributed by atoms with Crippen LogP contribution in [0.15, 0.2) is 35.2 Å². The number of hydrogen-bond acceptors (Lipinski definition) is 2. The van der Waals surface area contributed by atoms with Crippen molar-refractivity contribution in [2.24, 2.45) is 0 Å². The lowest BCUT2D eigenvalue weighted by atomic mass is 10.1. The summed E-state index contributed by atoms with van der Waals surface area (Å²) in [5.74, 6) is -0.532. The van der Waals surface area contributed by atoms with Crippen molar-refractivity contribution in [2.45, 2.75) is 31.2 Å². The summed E-state index contributed by atoms with van der Waals surface area (Å²) >= 11 is 2.07. The van der Waals surface area contributed by atoms with Crippen LogP contribution in [0.2, 0.25) is 0 Å². The molecule has 0 amide bonds. The van der Waals surface area contributed by atoms with Gasteiger partial charge in [0.05, 0.1) is 4.90 Å². The van der Waals surface area contributed by atoms with E-state index < -0.39 is 21.4 Å². The molecule has 0 fully saturated rings. The zero-order valence-electron chi connectivity index (χ0n) is 11.4. The van der Waals surface area contributed by atoms with E-state index in [0.717, 1.165) is 3.57 Å². The van der Waals surface area contributed by atoms with E-state index in [1.807, 2.05) is 0 Å². The first kappa shape index (κ1) is 15.7. The largest absolute Gasteiger partial charge is 0.241 e. The molecule has 6 heteroatoms. The number of fused-ring (bicyclic) bond motifs is 1. The Hall–Kier alpha value is -0.730. The van der Waals surface area contributed by atoms with Gasteiger partial charge in [0.2, 0.25) is 10.0 Å². The van der Waals surface area contributed by atoms with Crippen molar-refractivity contribution in [3.8, 4) is 0 Å². The van der Waals surface area contributed by atoms with E-state index in [9.17, 15) is 12.8 Å². The molecule has 0 aliphatic rings. The van der Waals surface area contributed by atoms with Gasteiger partial charge in [-0.05, 0) is 66.9 Å². The molecule has 0 bridgehead atoms. The number of halogens is 2. The highest BCUT2D eigenvalue weighted by Gasteiger charge is 2.25. The molecule has 0 aromatic heterocycles. The molecule has 3 nitrogen and oxygen atoms in total. The minimum Gasteiger partial charge on any atom is -0.207 e. The van der Waals surface area contributed by atoms with Crippen LogP contribution >= 0.6 is 22.6 Å². The highest BCUT2D eigenvalue weighted by molar-refractivity contribution is 14.1. The summed E-state index contributed by atoms with van der Waals surface area (Å²) in [6, 6.07) is 7.69. The normalized spacial score (nSPS) is 12.8. The molecule has 2 aromatic carbocycles. The molecule has 0 atom stereocenters. The van der Waals surface area contributed by atoms with Crippen molar-refractivity contribution < 1.29 is 12.8 Å². The molecular weight excluding hydrogens is 392 g/mol. The lowest BCUT2D eigenvalue weighted by Gasteiger charge is -2.21. The van der Waals surface area contributed by atoms with Gasteiger partial charge in [-0.25, -0.2) is 17.5 Å². The lowest BCUT2D eigenvalue weighted by molar-refractivity contribution is 0.491. The summed E-state index contributed by atoms with van der Waals surface area (Å²) in [6.45, 7) is 5.24. The summed E-state index contributed by atoms with van der Waals surface area (Å²) in [7, 11) is -3.78. The first-order chi connectivity index (χ1) is 9.12. The highest BCUT2D eigenvalue weighted by Crippen LogP contribution is 2.30. The van der Waals surface area contributed by atoms with E-state index >= 15 is 0 Å². The van der Waals surface area contributed by atoms with Crippen molar-refractivity contribution in [3.63, 3.8) is 0 Å². The molecule has 0 radical (unpaired) electrons. The molecule has 0 saturated heterocycles. The monoisotopic (exact) mass is 407 g/mol. The van der Waals surface area contributed by atoms with Crippen molar-refractivity contribution in [1.82, 2.24) is 4.72 Å². The first-order valence-electron chi connectivity index (χ1n) is 6.02. The smallest absolute Gasteiger partial charge is 0.207 e. The molecule has 0 heterocycles. The van der Waals surface area contributed by atoms with Gasteiger partial charge in [-0.1, -0.05) is 12.1 Å². The van der Waals surface area contributed by atoms with Crippen molar-refractivity contribution in [1.29, 1.82) is 0 Å². The summed E-state index contributed by atoms with van der Waals surface area (Å²) in [5, 5.41) is 0.735. The summed E-state index contributed by atoms with van der Waals surface area (Å²) in [5.41, 5.74) is -0.626. The number of nitrogens with one attached hydrogen (secondary N) is 1. The van der Waals surface area contributed by atoms with Gasteiger partial charge < -0.3 is 0 Å². The molecule has 2 rings (SSSR count). The Morgan fingerprint density at radius 3 is 2.40 bits per heavy atom. The third-order valence-electron chi connectivity index (χ3n) is 2.63. The predicted octanol–water partition coefficient (Wildman–Crippen LogP) is 3.66. The zero-order valence-corrected chi connectivity index (χ0v) is 14.3. The van der Waals surface area contributed by atoms with Gasteiger partial charge in [-0.2, -0.15) is 0 Å². The van der Waals surface area contributed by atoms with Gasteiger partial charge in [0.25, 0.3) is 0 Å². The molecule has 0 aliphatic carbocycles. The number of hydrogen-bond donors (Lipinski definition) is 1. The molecular formula is C14H15FINO2S. The van der Waals surface area contributed by atoms with Gasteiger partial charge in [-0.3, -0.25) is 0 Å². The standard InChI is InChI=1S/C14H15FINO2S/c1-14(2,3)17-20(18,19)12-8-7-11(16)9-5-4-6-10(15)13(9)12/h4-8,17H,1-3H3. The fourth-order valence-corrected chi connectivity index (χ4v) is 4.25. The maximum atomic E-state index is 14.1. The topological polar surface area (TPSA) is 46.2 Å². The fourth-order valence-electron chi connectivity index (χ4n) is 1.98. The van der Waals surface area contributed by atoms with Crippen molar-refractivity contribution in [2.75, 3.05) is 0 Å². The van der Waals surface area contributed by atoms with Crippen LogP contribution in [0.4, 0.5) is 4.39 Å². The number of rotatable bonds is 2. The van der Waals surface area contributed by atoms with Crippen LogP contribution in [-0.4, -0.2) is 14.0 Å². The van der Waals surface area contributed by atoms with Gasteiger partial charge in [0.1, 0.15) is 5.82 Å². The van der Waals surface area contributed by atoms with Crippen LogP contribution in [0, 0.1) is 9.39 Å². The Kier molecular flexibility index (Phi) is 4.10. The van der Waals surface area contributed by atoms with E-state index in [1.54, 1.807) is 39.0 Å². The van der Waals surface area contributed by atoms with E-state index in [4.69, 9.17) is 0 Å². The van der Waals surface area contributed by atoms with E-state index in [1.165, 1.54) is 12.1 Å². The maximum absolute atomic E-state index is 14.1. The van der Waals surface area contributed by atoms with Crippen LogP contribution in [0.3, 0.4) is 0 Å². The first-order valence-corrected chi connectivity index (χ1v) is 8.59. The van der Waals surface area contributed by atoms with Crippen LogP contribution in [0.25, 0.3) is 10.8 Å². The Morgan fingerprint density at radius 2 is 1.80 bits per heavy atom. The third-order valence-corrected chi connectivity index (χ3v) is 5.37. The molecule has 2 aromatic rings. The lowest BCUT2D eigenvalue weighted by Crippen LogP contribution is -2.40. The van der Waals surface area contributed by atoms with Crippen LogP contribution < -0.4 is 4.72 Å². The van der Waals surface area contributed by atoms with E-state index in [0.29, 0.717) is 5.39 Å². The minimum atomic E-state index is -3.78. The van der Waals surface area contributed by atoms with Crippen LogP contribution in [-0.2, 0) is 10.0 Å². The second-order valence-corrected chi connectivity index (χ2v) is 8.38. The van der Waals surface area contributed by atoms with Crippen molar-refractivity contribution in [3.05, 3.63) is 39.7 Å². The maximum Gasteiger partial charge on any atom is 0.241 e. The molecule has 1 N–H and O–H groups in total. The summed E-state index contributed by atoms with van der Waals surface area (Å²) < 4.78 is 42.4. The number of benzene rings is 2. The second-order valence-electron chi connectivity index (χ2n) is 5.56. The Balaban J connectivity index is 2.77. The average Bonchev–Trinajstić information content (AvgIpc) is 2.27. The van der Waals surface area contributed by atoms with Gasteiger partial charge >= 0.3 is 0 Å². The summed E-state index contributed by atoms with van der Waals surface area (Å²) in [4.78, 5) is -0.0269. The Bertz CT molecular complexity index is 767.